The minimum atomic E-state index is -0.718. The van der Waals surface area contributed by atoms with Crippen LogP contribution in [0.3, 0.4) is 0 Å². The second kappa shape index (κ2) is 7.26. The summed E-state index contributed by atoms with van der Waals surface area (Å²) < 4.78 is 10.5. The van der Waals surface area contributed by atoms with Gasteiger partial charge in [0.25, 0.3) is 5.91 Å². The fourth-order valence-electron chi connectivity index (χ4n) is 3.42. The molecule has 7 nitrogen and oxygen atoms in total. The number of ether oxygens (including phenoxy) is 2. The lowest BCUT2D eigenvalue weighted by Crippen LogP contribution is -2.49. The van der Waals surface area contributed by atoms with E-state index in [1.54, 1.807) is 49.6 Å². The van der Waals surface area contributed by atoms with Crippen LogP contribution in [-0.2, 0) is 9.59 Å². The largest absolute Gasteiger partial charge is 0.497 e. The molecule has 2 heterocycles. The van der Waals surface area contributed by atoms with E-state index in [1.807, 2.05) is 18.2 Å². The van der Waals surface area contributed by atoms with E-state index in [2.05, 4.69) is 10.3 Å². The number of aromatic amines is 1. The molecular weight excluding hydrogens is 358 g/mol. The molecule has 1 aliphatic rings. The van der Waals surface area contributed by atoms with E-state index >= 15 is 0 Å². The Morgan fingerprint density at radius 1 is 1.11 bits per heavy atom. The lowest BCUT2D eigenvalue weighted by Gasteiger charge is -2.37. The highest BCUT2D eigenvalue weighted by Gasteiger charge is 2.38. The van der Waals surface area contributed by atoms with Crippen LogP contribution >= 0.6 is 0 Å². The number of aromatic nitrogens is 1. The van der Waals surface area contributed by atoms with Crippen molar-refractivity contribution in [1.29, 1.82) is 0 Å². The average molecular weight is 379 g/mol. The first kappa shape index (κ1) is 17.9. The molecule has 2 N–H and O–H groups in total. The number of fused-ring (bicyclic) bond motifs is 1. The van der Waals surface area contributed by atoms with E-state index < -0.39 is 6.04 Å². The van der Waals surface area contributed by atoms with Crippen molar-refractivity contribution < 1.29 is 19.1 Å². The molecule has 0 radical (unpaired) electrons. The molecule has 0 aliphatic carbocycles. The van der Waals surface area contributed by atoms with Crippen molar-refractivity contribution in [2.75, 3.05) is 26.1 Å². The minimum Gasteiger partial charge on any atom is -0.497 e. The Morgan fingerprint density at radius 3 is 2.43 bits per heavy atom. The van der Waals surface area contributed by atoms with E-state index in [1.165, 1.54) is 0 Å². The molecule has 1 saturated heterocycles. The SMILES string of the molecule is COc1ccc(NC(=O)[C@H](c2c[nH]c3ccc(OC)cc23)N2CCC2=O)cc1. The normalized spacial score (nSPS) is 14.5. The van der Waals surface area contributed by atoms with Crippen LogP contribution in [0.4, 0.5) is 5.69 Å². The highest BCUT2D eigenvalue weighted by Crippen LogP contribution is 2.34. The zero-order valence-corrected chi connectivity index (χ0v) is 15.7. The van der Waals surface area contributed by atoms with Gasteiger partial charge in [-0.05, 0) is 42.5 Å². The zero-order chi connectivity index (χ0) is 19.7. The average Bonchev–Trinajstić information content (AvgIpc) is 3.13. The standard InChI is InChI=1S/C21H21N3O4/c1-27-14-5-3-13(4-6-14)23-21(26)20(24-10-9-19(24)25)17-12-22-18-8-7-15(28-2)11-16(17)18/h3-8,11-12,20,22H,9-10H2,1-2H3,(H,23,26)/t20-/m0/s1. The predicted molar refractivity (Wildman–Crippen MR) is 106 cm³/mol. The van der Waals surface area contributed by atoms with Crippen LogP contribution < -0.4 is 14.8 Å². The molecule has 0 bridgehead atoms. The Morgan fingerprint density at radius 2 is 1.82 bits per heavy atom. The summed E-state index contributed by atoms with van der Waals surface area (Å²) in [5, 5.41) is 3.77. The van der Waals surface area contributed by atoms with Crippen molar-refractivity contribution in [2.24, 2.45) is 0 Å². The van der Waals surface area contributed by atoms with Gasteiger partial charge in [0.05, 0.1) is 14.2 Å². The van der Waals surface area contributed by atoms with Crippen molar-refractivity contribution in [3.63, 3.8) is 0 Å². The summed E-state index contributed by atoms with van der Waals surface area (Å²) in [5.41, 5.74) is 2.26. The number of methoxy groups -OCH3 is 2. The van der Waals surface area contributed by atoms with Crippen LogP contribution in [0.5, 0.6) is 11.5 Å². The van der Waals surface area contributed by atoms with Gasteiger partial charge in [-0.25, -0.2) is 0 Å². The quantitative estimate of drug-likeness (QED) is 0.645. The Labute approximate surface area is 162 Å². The summed E-state index contributed by atoms with van der Waals surface area (Å²) in [6, 6.07) is 12.0. The Bertz CT molecular complexity index is 1030. The summed E-state index contributed by atoms with van der Waals surface area (Å²) in [6.45, 7) is 0.552. The second-order valence-corrected chi connectivity index (χ2v) is 6.61. The number of anilines is 1. The van der Waals surface area contributed by atoms with E-state index in [9.17, 15) is 9.59 Å². The molecule has 28 heavy (non-hydrogen) atoms. The van der Waals surface area contributed by atoms with Gasteiger partial charge in [0.2, 0.25) is 5.91 Å². The number of nitrogens with zero attached hydrogens (tertiary/aromatic N) is 1. The second-order valence-electron chi connectivity index (χ2n) is 6.61. The van der Waals surface area contributed by atoms with Crippen molar-refractivity contribution >= 4 is 28.4 Å². The molecular formula is C21H21N3O4. The molecule has 7 heteroatoms. The highest BCUT2D eigenvalue weighted by molar-refractivity contribution is 6.02. The third kappa shape index (κ3) is 3.15. The summed E-state index contributed by atoms with van der Waals surface area (Å²) in [4.78, 5) is 30.1. The van der Waals surface area contributed by atoms with E-state index in [0.717, 1.165) is 16.5 Å². The molecule has 2 aromatic carbocycles. The van der Waals surface area contributed by atoms with Gasteiger partial charge >= 0.3 is 0 Å². The van der Waals surface area contributed by atoms with Gasteiger partial charge < -0.3 is 24.7 Å². The molecule has 0 spiro atoms. The smallest absolute Gasteiger partial charge is 0.251 e. The van der Waals surface area contributed by atoms with Gasteiger partial charge in [-0.15, -0.1) is 0 Å². The number of nitrogens with one attached hydrogen (secondary N) is 2. The summed E-state index contributed by atoms with van der Waals surface area (Å²) in [7, 11) is 3.19. The van der Waals surface area contributed by atoms with Gasteiger partial charge in [0, 0.05) is 41.3 Å². The van der Waals surface area contributed by atoms with Crippen molar-refractivity contribution in [3.8, 4) is 11.5 Å². The Hall–Kier alpha value is -3.48. The van der Waals surface area contributed by atoms with Gasteiger partial charge in [-0.1, -0.05) is 0 Å². The number of carbonyl (C=O) groups excluding carboxylic acids is 2. The minimum absolute atomic E-state index is 0.0351. The molecule has 1 aliphatic heterocycles. The number of rotatable bonds is 6. The van der Waals surface area contributed by atoms with Crippen LogP contribution in [0.25, 0.3) is 10.9 Å². The third-order valence-electron chi connectivity index (χ3n) is 5.02. The number of likely N-dealkylation sites (tertiary alicyclic amines) is 1. The third-order valence-corrected chi connectivity index (χ3v) is 5.02. The first-order valence-corrected chi connectivity index (χ1v) is 9.00. The molecule has 4 rings (SSSR count). The van der Waals surface area contributed by atoms with Gasteiger partial charge in [0.1, 0.15) is 17.5 Å². The number of benzene rings is 2. The van der Waals surface area contributed by atoms with Gasteiger partial charge in [-0.2, -0.15) is 0 Å². The maximum absolute atomic E-state index is 13.2. The Balaban J connectivity index is 1.69. The number of hydrogen-bond donors (Lipinski definition) is 2. The number of β-lactam (4-membered cyclic amide) rings is 1. The first-order chi connectivity index (χ1) is 13.6. The predicted octanol–water partition coefficient (Wildman–Crippen LogP) is 3.10. The fourth-order valence-corrected chi connectivity index (χ4v) is 3.42. The summed E-state index contributed by atoms with van der Waals surface area (Å²) in [6.07, 6.45) is 2.24. The van der Waals surface area contributed by atoms with E-state index in [-0.39, 0.29) is 11.8 Å². The summed E-state index contributed by atoms with van der Waals surface area (Å²) in [5.74, 6) is 1.10. The molecule has 1 aromatic heterocycles. The van der Waals surface area contributed by atoms with E-state index in [0.29, 0.717) is 30.2 Å². The molecule has 2 amide bonds. The monoisotopic (exact) mass is 379 g/mol. The van der Waals surface area contributed by atoms with Crippen molar-refractivity contribution in [3.05, 3.63) is 54.2 Å². The molecule has 3 aromatic rings. The number of amides is 2. The van der Waals surface area contributed by atoms with Gasteiger partial charge in [-0.3, -0.25) is 9.59 Å². The van der Waals surface area contributed by atoms with Crippen LogP contribution in [0.2, 0.25) is 0 Å². The lowest BCUT2D eigenvalue weighted by molar-refractivity contribution is -0.147. The molecule has 1 atom stereocenters. The fraction of sp³-hybridized carbons (Fsp3) is 0.238. The van der Waals surface area contributed by atoms with Crippen LogP contribution in [0.15, 0.2) is 48.7 Å². The van der Waals surface area contributed by atoms with Crippen LogP contribution in [-0.4, -0.2) is 42.5 Å². The van der Waals surface area contributed by atoms with Crippen LogP contribution in [0, 0.1) is 0 Å². The van der Waals surface area contributed by atoms with Crippen LogP contribution in [0.1, 0.15) is 18.0 Å². The molecule has 0 saturated carbocycles. The van der Waals surface area contributed by atoms with Crippen molar-refractivity contribution in [1.82, 2.24) is 9.88 Å². The molecule has 144 valence electrons. The first-order valence-electron chi connectivity index (χ1n) is 9.00. The number of carbonyl (C=O) groups is 2. The maximum Gasteiger partial charge on any atom is 0.251 e. The lowest BCUT2D eigenvalue weighted by atomic mass is 9.99. The van der Waals surface area contributed by atoms with E-state index in [4.69, 9.17) is 9.47 Å². The summed E-state index contributed by atoms with van der Waals surface area (Å²) >= 11 is 0. The maximum atomic E-state index is 13.2. The zero-order valence-electron chi connectivity index (χ0n) is 15.7. The van der Waals surface area contributed by atoms with Gasteiger partial charge in [0.15, 0.2) is 0 Å². The molecule has 0 unspecified atom stereocenters. The topological polar surface area (TPSA) is 83.7 Å². The molecule has 1 fully saturated rings. The highest BCUT2D eigenvalue weighted by atomic mass is 16.5. The van der Waals surface area contributed by atoms with Crippen molar-refractivity contribution in [2.45, 2.75) is 12.5 Å². The number of H-pyrrole nitrogens is 1. The Kier molecular flexibility index (Phi) is 4.65. The number of hydrogen-bond acceptors (Lipinski definition) is 4.